The Balaban J connectivity index is -0.000000405. The van der Waals surface area contributed by atoms with E-state index in [2.05, 4.69) is 11.7 Å². The smallest absolute Gasteiger partial charge is 0.550 e. The second-order valence-corrected chi connectivity index (χ2v) is 2.90. The van der Waals surface area contributed by atoms with Crippen LogP contribution in [0.2, 0.25) is 0 Å². The Hall–Kier alpha value is 1.64. The molecule has 0 aliphatic heterocycles. The fraction of sp³-hybridized carbons (Fsp3) is 0.500. The maximum Gasteiger partial charge on any atom is 1.00 e. The van der Waals surface area contributed by atoms with Crippen molar-refractivity contribution in [2.24, 2.45) is 0 Å². The van der Waals surface area contributed by atoms with Gasteiger partial charge in [0, 0.05) is 12.4 Å². The Bertz CT molecular complexity index is 154. The summed E-state index contributed by atoms with van der Waals surface area (Å²) in [5, 5.41) is 18.7. The zero-order valence-corrected chi connectivity index (χ0v) is 12.5. The van der Waals surface area contributed by atoms with Crippen molar-refractivity contribution in [1.29, 1.82) is 0 Å². The molecule has 0 bridgehead atoms. The predicted octanol–water partition coefficient (Wildman–Crippen LogP) is -8.17. The fourth-order valence-electron chi connectivity index (χ4n) is 0.315. The number of carboxylic acid groups (broad SMARTS) is 2. The van der Waals surface area contributed by atoms with Gasteiger partial charge in [0.05, 0.1) is 11.2 Å². The van der Waals surface area contributed by atoms with Crippen LogP contribution in [-0.4, -0.2) is 17.2 Å². The Labute approximate surface area is 123 Å². The molecule has 1 unspecified atom stereocenters. The zero-order chi connectivity index (χ0) is 8.15. The minimum absolute atomic E-state index is 0. The van der Waals surface area contributed by atoms with E-state index in [1.165, 1.54) is 0 Å². The quantitative estimate of drug-likeness (QED) is 0.292. The minimum Gasteiger partial charge on any atom is -0.550 e. The van der Waals surface area contributed by atoms with Gasteiger partial charge in [-0.2, -0.15) is 0 Å². The summed E-state index contributed by atoms with van der Waals surface area (Å²) in [5.74, 6) is -2.86. The van der Waals surface area contributed by atoms with Crippen LogP contribution in [0.3, 0.4) is 0 Å². The molecule has 0 N–H and O–H groups in total. The van der Waals surface area contributed by atoms with Gasteiger partial charge < -0.3 is 19.8 Å². The van der Waals surface area contributed by atoms with Crippen LogP contribution in [-0.2, 0) is 9.59 Å². The largest absolute Gasteiger partial charge is 1.00 e. The van der Waals surface area contributed by atoms with Crippen molar-refractivity contribution in [3.8, 4) is 0 Å². The van der Waals surface area contributed by atoms with Crippen molar-refractivity contribution in [3.63, 3.8) is 0 Å². The van der Waals surface area contributed by atoms with E-state index in [4.69, 9.17) is 0 Å². The van der Waals surface area contributed by atoms with Gasteiger partial charge in [-0.15, -0.1) is 11.7 Å². The summed E-state index contributed by atoms with van der Waals surface area (Å²) in [4.78, 5) is 19.8. The molecule has 0 spiro atoms. The van der Waals surface area contributed by atoms with Crippen LogP contribution in [0.4, 0.5) is 0 Å². The van der Waals surface area contributed by atoms with Gasteiger partial charge in [0.2, 0.25) is 0 Å². The first-order valence-corrected chi connectivity index (χ1v) is 4.22. The number of hydrogen-bond acceptors (Lipinski definition) is 6. The number of carboxylic acids is 2. The van der Waals surface area contributed by atoms with E-state index in [-0.39, 0.29) is 59.1 Å². The molecule has 12 heavy (non-hydrogen) atoms. The van der Waals surface area contributed by atoms with E-state index >= 15 is 0 Å². The van der Waals surface area contributed by atoms with Gasteiger partial charge in [-0.05, 0) is 0 Å². The van der Waals surface area contributed by atoms with E-state index in [1.807, 2.05) is 0 Å². The van der Waals surface area contributed by atoms with Crippen LogP contribution in [0.25, 0.3) is 0 Å². The fourth-order valence-corrected chi connectivity index (χ4v) is 1.09. The number of aliphatic carboxylic acids is 2. The van der Waals surface area contributed by atoms with Crippen LogP contribution >= 0.6 is 22.5 Å². The van der Waals surface area contributed by atoms with Gasteiger partial charge in [-0.3, -0.25) is 0 Å². The van der Waals surface area contributed by atoms with E-state index in [1.54, 1.807) is 0 Å². The van der Waals surface area contributed by atoms with E-state index in [9.17, 15) is 19.8 Å². The molecule has 0 fully saturated rings. The van der Waals surface area contributed by atoms with E-state index in [0.717, 1.165) is 0 Å². The van der Waals surface area contributed by atoms with Gasteiger partial charge in [0.25, 0.3) is 0 Å². The molecular weight excluding hydrogens is 222 g/mol. The molecule has 0 rings (SSSR count). The van der Waals surface area contributed by atoms with Crippen LogP contribution in [0, 0.1) is 0 Å². The Morgan fingerprint density at radius 1 is 1.33 bits per heavy atom. The first-order chi connectivity index (χ1) is 4.57. The second kappa shape index (κ2) is 10.7. The topological polar surface area (TPSA) is 80.3 Å². The third-order valence-electron chi connectivity index (χ3n) is 0.742. The number of carbonyl (C=O) groups is 2. The third kappa shape index (κ3) is 9.73. The minimum atomic E-state index is -1.44. The summed E-state index contributed by atoms with van der Waals surface area (Å²) >= 11 is 3.53. The molecule has 0 radical (unpaired) electrons. The monoisotopic (exact) mass is 226 g/mol. The maximum atomic E-state index is 9.99. The first-order valence-electron chi connectivity index (χ1n) is 2.29. The van der Waals surface area contributed by atoms with Crippen molar-refractivity contribution < 1.29 is 78.9 Å². The molecule has 0 heterocycles. The number of rotatable bonds is 4. The van der Waals surface area contributed by atoms with Gasteiger partial charge in [0.15, 0.2) is 0 Å². The first kappa shape index (κ1) is 19.2. The predicted molar refractivity (Wildman–Crippen MR) is 35.0 cm³/mol. The third-order valence-corrected chi connectivity index (χ3v) is 2.12. The Morgan fingerprint density at radius 3 is 1.83 bits per heavy atom. The van der Waals surface area contributed by atoms with Crippen molar-refractivity contribution in [1.82, 2.24) is 0 Å². The molecule has 58 valence electrons. The number of thiol groups is 1. The van der Waals surface area contributed by atoms with Gasteiger partial charge in [-0.25, -0.2) is 0 Å². The van der Waals surface area contributed by atoms with E-state index < -0.39 is 23.6 Å². The number of carbonyl (C=O) groups excluding carboxylic acids is 2. The average Bonchev–Trinajstić information content (AvgIpc) is 1.81. The van der Waals surface area contributed by atoms with Crippen LogP contribution < -0.4 is 69.3 Å². The van der Waals surface area contributed by atoms with Gasteiger partial charge in [-0.1, -0.05) is 10.8 Å². The molecule has 0 aliphatic rings. The summed E-state index contributed by atoms with van der Waals surface area (Å²) in [5.41, 5.74) is 0. The summed E-state index contributed by atoms with van der Waals surface area (Å²) in [6, 6.07) is 0. The zero-order valence-electron chi connectivity index (χ0n) is 6.77. The molecule has 0 aromatic rings. The van der Waals surface area contributed by atoms with Crippen LogP contribution in [0.15, 0.2) is 0 Å². The van der Waals surface area contributed by atoms with Gasteiger partial charge in [0.1, 0.15) is 0 Å². The molecule has 0 saturated heterocycles. The molecule has 8 heteroatoms. The molecular formula is C4H4Na2O4S2. The summed E-state index contributed by atoms with van der Waals surface area (Å²) in [7, 11) is 0.618. The summed E-state index contributed by atoms with van der Waals surface area (Å²) in [6.45, 7) is 0. The summed E-state index contributed by atoms with van der Waals surface area (Å²) in [6.07, 6.45) is -0.573. The van der Waals surface area contributed by atoms with Crippen molar-refractivity contribution in [2.45, 2.75) is 11.7 Å². The average molecular weight is 226 g/mol. The van der Waals surface area contributed by atoms with Gasteiger partial charge >= 0.3 is 59.1 Å². The molecule has 1 atom stereocenters. The van der Waals surface area contributed by atoms with Crippen LogP contribution in [0.1, 0.15) is 6.42 Å². The van der Waals surface area contributed by atoms with Crippen molar-refractivity contribution in [2.75, 3.05) is 0 Å². The van der Waals surface area contributed by atoms with E-state index in [0.29, 0.717) is 10.8 Å². The molecule has 0 aliphatic carbocycles. The molecule has 0 saturated carbocycles. The molecule has 0 amide bonds. The normalized spacial score (nSPS) is 10.4. The SMILES string of the molecule is O=C([O-])CC(SS)C(=O)[O-].[Na+].[Na+]. The molecule has 0 aromatic carbocycles. The van der Waals surface area contributed by atoms with Crippen LogP contribution in [0.5, 0.6) is 0 Å². The van der Waals surface area contributed by atoms with Crippen molar-refractivity contribution in [3.05, 3.63) is 0 Å². The standard InChI is InChI=1S/C4H6O4S2.2Na/c5-3(6)1-2(10-9)4(7)8;;/h2,9H,1H2,(H,5,6)(H,7,8);;/q;2*+1/p-2. The Morgan fingerprint density at radius 2 is 1.75 bits per heavy atom. The second-order valence-electron chi connectivity index (χ2n) is 1.49. The number of hydrogen-bond donors (Lipinski definition) is 1. The maximum absolute atomic E-state index is 9.99. The molecule has 0 aromatic heterocycles. The Kier molecular flexibility index (Phi) is 17.2. The molecule has 4 nitrogen and oxygen atoms in total. The summed E-state index contributed by atoms with van der Waals surface area (Å²) < 4.78 is 0. The van der Waals surface area contributed by atoms with Crippen molar-refractivity contribution >= 4 is 34.4 Å².